The van der Waals surface area contributed by atoms with E-state index in [1.165, 1.54) is 4.90 Å². The fraction of sp³-hybridized carbons (Fsp3) is 0.222. The van der Waals surface area contributed by atoms with E-state index in [2.05, 4.69) is 18.8 Å². The van der Waals surface area contributed by atoms with Gasteiger partial charge in [-0.3, -0.25) is 14.6 Å². The van der Waals surface area contributed by atoms with Crippen molar-refractivity contribution >= 4 is 17.4 Å². The van der Waals surface area contributed by atoms with Gasteiger partial charge in [0.15, 0.2) is 0 Å². The Kier molecular flexibility index (Phi) is 6.54. The summed E-state index contributed by atoms with van der Waals surface area (Å²) >= 11 is 0. The van der Waals surface area contributed by atoms with Gasteiger partial charge < -0.3 is 14.7 Å². The summed E-state index contributed by atoms with van der Waals surface area (Å²) in [7, 11) is 0. The molecular formula is C27H26N2O4. The van der Waals surface area contributed by atoms with Crippen LogP contribution < -0.4 is 4.74 Å². The molecule has 6 heteroatoms. The zero-order valence-corrected chi connectivity index (χ0v) is 18.6. The van der Waals surface area contributed by atoms with Gasteiger partial charge in [-0.15, -0.1) is 0 Å². The molecule has 168 valence electrons. The largest absolute Gasteiger partial charge is 0.507 e. The number of likely N-dealkylation sites (tertiary alicyclic amines) is 1. The highest BCUT2D eigenvalue weighted by Crippen LogP contribution is 2.40. The Labute approximate surface area is 193 Å². The third-order valence-electron chi connectivity index (χ3n) is 5.44. The summed E-state index contributed by atoms with van der Waals surface area (Å²) in [6, 6.07) is 19.1. The molecule has 3 aromatic rings. The molecule has 1 unspecified atom stereocenters. The minimum absolute atomic E-state index is 0.0749. The fourth-order valence-electron chi connectivity index (χ4n) is 3.84. The predicted octanol–water partition coefficient (Wildman–Crippen LogP) is 4.74. The Morgan fingerprint density at radius 1 is 1.03 bits per heavy atom. The summed E-state index contributed by atoms with van der Waals surface area (Å²) in [5.74, 6) is -0.487. The van der Waals surface area contributed by atoms with E-state index in [4.69, 9.17) is 4.74 Å². The fourth-order valence-corrected chi connectivity index (χ4v) is 3.84. The zero-order valence-electron chi connectivity index (χ0n) is 18.6. The van der Waals surface area contributed by atoms with Crippen LogP contribution in [0.15, 0.2) is 84.7 Å². The van der Waals surface area contributed by atoms with Gasteiger partial charge in [-0.25, -0.2) is 0 Å². The predicted molar refractivity (Wildman–Crippen MR) is 125 cm³/mol. The number of aromatic nitrogens is 1. The van der Waals surface area contributed by atoms with Crippen molar-refractivity contribution in [2.24, 2.45) is 5.92 Å². The summed E-state index contributed by atoms with van der Waals surface area (Å²) < 4.78 is 5.71. The van der Waals surface area contributed by atoms with E-state index in [1.807, 2.05) is 36.4 Å². The second-order valence-corrected chi connectivity index (χ2v) is 8.43. The van der Waals surface area contributed by atoms with E-state index in [0.717, 1.165) is 11.1 Å². The Morgan fingerprint density at radius 2 is 1.76 bits per heavy atom. The van der Waals surface area contributed by atoms with E-state index >= 15 is 0 Å². The molecule has 0 aliphatic carbocycles. The lowest BCUT2D eigenvalue weighted by molar-refractivity contribution is -0.140. The molecule has 2 heterocycles. The van der Waals surface area contributed by atoms with Crippen molar-refractivity contribution in [3.63, 3.8) is 0 Å². The van der Waals surface area contributed by atoms with Crippen LogP contribution in [0.3, 0.4) is 0 Å². The molecule has 1 aliphatic heterocycles. The second kappa shape index (κ2) is 9.69. The summed E-state index contributed by atoms with van der Waals surface area (Å²) in [6.07, 6.45) is 3.32. The standard InChI is InChI=1S/C27H26N2O4/c1-18(2)17-33-22-12-10-21(11-13-22)25(30)23-24(20-8-4-3-5-9-20)29(27(32)26(23)31)16-19-7-6-14-28-15-19/h3-15,18,24,30H,16-17H2,1-2H3/b25-23-. The molecule has 1 fully saturated rings. The number of hydrogen-bond acceptors (Lipinski definition) is 5. The number of ether oxygens (including phenoxy) is 1. The van der Waals surface area contributed by atoms with Crippen LogP contribution in [-0.2, 0) is 16.1 Å². The first-order valence-corrected chi connectivity index (χ1v) is 10.9. The highest BCUT2D eigenvalue weighted by Gasteiger charge is 2.46. The van der Waals surface area contributed by atoms with Crippen molar-refractivity contribution in [2.45, 2.75) is 26.4 Å². The number of benzene rings is 2. The SMILES string of the molecule is CC(C)COc1ccc(/C(O)=C2/C(=O)C(=O)N(Cc3cccnc3)C2c2ccccc2)cc1. The minimum atomic E-state index is -0.705. The van der Waals surface area contributed by atoms with Crippen LogP contribution >= 0.6 is 0 Å². The Hall–Kier alpha value is -3.93. The average Bonchev–Trinajstić information content (AvgIpc) is 3.09. The van der Waals surface area contributed by atoms with E-state index < -0.39 is 17.7 Å². The highest BCUT2D eigenvalue weighted by molar-refractivity contribution is 6.46. The minimum Gasteiger partial charge on any atom is -0.507 e. The first kappa shape index (κ1) is 22.3. The maximum absolute atomic E-state index is 13.1. The third kappa shape index (κ3) is 4.80. The Morgan fingerprint density at radius 3 is 2.39 bits per heavy atom. The van der Waals surface area contributed by atoms with Gasteiger partial charge in [0.2, 0.25) is 0 Å². The molecule has 1 atom stereocenters. The average molecular weight is 443 g/mol. The number of amides is 1. The van der Waals surface area contributed by atoms with Gasteiger partial charge in [0.1, 0.15) is 11.5 Å². The monoisotopic (exact) mass is 442 g/mol. The van der Waals surface area contributed by atoms with Crippen molar-refractivity contribution in [1.82, 2.24) is 9.88 Å². The second-order valence-electron chi connectivity index (χ2n) is 8.43. The molecule has 1 N–H and O–H groups in total. The molecule has 1 saturated heterocycles. The molecule has 6 nitrogen and oxygen atoms in total. The van der Waals surface area contributed by atoms with E-state index in [9.17, 15) is 14.7 Å². The van der Waals surface area contributed by atoms with Gasteiger partial charge in [0, 0.05) is 24.5 Å². The smallest absolute Gasteiger partial charge is 0.295 e. The third-order valence-corrected chi connectivity index (χ3v) is 5.44. The summed E-state index contributed by atoms with van der Waals surface area (Å²) in [6.45, 7) is 4.91. The van der Waals surface area contributed by atoms with Crippen molar-refractivity contribution in [3.05, 3.63) is 101 Å². The molecule has 0 bridgehead atoms. The number of carbonyl (C=O) groups excluding carboxylic acids is 2. The molecule has 1 amide bonds. The van der Waals surface area contributed by atoms with Gasteiger partial charge in [0.25, 0.3) is 11.7 Å². The van der Waals surface area contributed by atoms with Gasteiger partial charge in [-0.2, -0.15) is 0 Å². The first-order valence-electron chi connectivity index (χ1n) is 10.9. The van der Waals surface area contributed by atoms with Crippen LogP contribution in [0.25, 0.3) is 5.76 Å². The molecule has 0 radical (unpaired) electrons. The number of aliphatic hydroxyl groups is 1. The number of rotatable bonds is 7. The molecule has 0 saturated carbocycles. The number of nitrogens with zero attached hydrogens (tertiary/aromatic N) is 2. The van der Waals surface area contributed by atoms with Gasteiger partial charge in [-0.1, -0.05) is 50.2 Å². The summed E-state index contributed by atoms with van der Waals surface area (Å²) in [5.41, 5.74) is 2.07. The van der Waals surface area contributed by atoms with Gasteiger partial charge >= 0.3 is 0 Å². The van der Waals surface area contributed by atoms with Gasteiger partial charge in [-0.05, 0) is 47.4 Å². The molecule has 33 heavy (non-hydrogen) atoms. The number of carbonyl (C=O) groups is 2. The quantitative estimate of drug-likeness (QED) is 0.325. The van der Waals surface area contributed by atoms with E-state index in [1.54, 1.807) is 42.7 Å². The number of ketones is 1. The van der Waals surface area contributed by atoms with Crippen molar-refractivity contribution in [1.29, 1.82) is 0 Å². The Balaban J connectivity index is 1.74. The summed E-state index contributed by atoms with van der Waals surface area (Å²) in [5, 5.41) is 11.2. The van der Waals surface area contributed by atoms with E-state index in [-0.39, 0.29) is 17.9 Å². The van der Waals surface area contributed by atoms with Crippen molar-refractivity contribution < 1.29 is 19.4 Å². The van der Waals surface area contributed by atoms with Crippen LogP contribution in [0.1, 0.15) is 36.6 Å². The van der Waals surface area contributed by atoms with Crippen LogP contribution in [0, 0.1) is 5.92 Å². The lowest BCUT2D eigenvalue weighted by Gasteiger charge is -2.25. The number of aliphatic hydroxyl groups excluding tert-OH is 1. The van der Waals surface area contributed by atoms with Crippen LogP contribution in [0.4, 0.5) is 0 Å². The molecule has 4 rings (SSSR count). The van der Waals surface area contributed by atoms with Crippen LogP contribution in [-0.4, -0.2) is 33.3 Å². The maximum Gasteiger partial charge on any atom is 0.295 e. The molecule has 1 aromatic heterocycles. The molecular weight excluding hydrogens is 416 g/mol. The molecule has 1 aliphatic rings. The highest BCUT2D eigenvalue weighted by atomic mass is 16.5. The van der Waals surface area contributed by atoms with Gasteiger partial charge in [0.05, 0.1) is 18.2 Å². The van der Waals surface area contributed by atoms with E-state index in [0.29, 0.717) is 23.8 Å². The van der Waals surface area contributed by atoms with Crippen molar-refractivity contribution in [2.75, 3.05) is 6.61 Å². The number of pyridine rings is 1. The van der Waals surface area contributed by atoms with Crippen LogP contribution in [0.5, 0.6) is 5.75 Å². The van der Waals surface area contributed by atoms with Crippen LogP contribution in [0.2, 0.25) is 0 Å². The lowest BCUT2D eigenvalue weighted by Crippen LogP contribution is -2.29. The summed E-state index contributed by atoms with van der Waals surface area (Å²) in [4.78, 5) is 31.7. The number of hydrogen-bond donors (Lipinski definition) is 1. The molecule has 2 aromatic carbocycles. The van der Waals surface area contributed by atoms with Crippen molar-refractivity contribution in [3.8, 4) is 5.75 Å². The number of Topliss-reactive ketones (excluding diaryl/α,β-unsaturated/α-hetero) is 1. The maximum atomic E-state index is 13.1. The lowest BCUT2D eigenvalue weighted by atomic mass is 9.95. The normalized spacial score (nSPS) is 17.5. The molecule has 0 spiro atoms. The zero-order chi connectivity index (χ0) is 23.4. The Bertz CT molecular complexity index is 1160. The topological polar surface area (TPSA) is 79.7 Å². The first-order chi connectivity index (χ1) is 16.0.